The minimum absolute atomic E-state index is 0.711. The molecule has 10 heteroatoms. The van der Waals surface area contributed by atoms with E-state index in [0.717, 1.165) is 86.3 Å². The zero-order valence-corrected chi connectivity index (χ0v) is 38.0. The number of anilines is 6. The highest BCUT2D eigenvalue weighted by Crippen LogP contribution is 2.52. The minimum Gasteiger partial charge on any atom is -0.302 e. The molecule has 0 radical (unpaired) electrons. The van der Waals surface area contributed by atoms with Gasteiger partial charge in [0.05, 0.1) is 26.8 Å². The number of thiophene rings is 3. The highest BCUT2D eigenvalue weighted by Gasteiger charge is 2.27. The maximum absolute atomic E-state index is 5.60. The van der Waals surface area contributed by atoms with E-state index in [1.54, 1.807) is 34.0 Å². The molecule has 0 saturated carbocycles. The van der Waals surface area contributed by atoms with E-state index in [2.05, 4.69) is 181 Å². The summed E-state index contributed by atoms with van der Waals surface area (Å²) in [7, 11) is 0. The average Bonchev–Trinajstić information content (AvgIpc) is 4.18. The highest BCUT2D eigenvalue weighted by atomic mass is 32.1. The SMILES string of the molecule is CCCCC(CC)Cc1ccc(-c2nc3c(-c4ccc(N(c5ccccc5)c5ccccc5)s4)c4nsnc4c(-c4ccc(N(c5ccccc5)c5ccccc5)s4)c3s2)s1. The van der Waals surface area contributed by atoms with Crippen LogP contribution in [0.3, 0.4) is 0 Å². The Morgan fingerprint density at radius 2 is 0.984 bits per heavy atom. The quantitative estimate of drug-likeness (QED) is 0.103. The lowest BCUT2D eigenvalue weighted by Gasteiger charge is -2.23. The van der Waals surface area contributed by atoms with E-state index >= 15 is 0 Å². The van der Waals surface area contributed by atoms with Crippen LogP contribution in [0.1, 0.15) is 44.4 Å². The Hall–Kier alpha value is -5.49. The van der Waals surface area contributed by atoms with E-state index in [4.69, 9.17) is 13.7 Å². The van der Waals surface area contributed by atoms with Crippen LogP contribution in [0.5, 0.6) is 0 Å². The number of hydrogen-bond acceptors (Lipinski definition) is 10. The number of fused-ring (bicyclic) bond motifs is 2. The molecule has 0 amide bonds. The first-order valence-corrected chi connectivity index (χ1v) is 24.8. The number of rotatable bonds is 15. The lowest BCUT2D eigenvalue weighted by Crippen LogP contribution is -2.07. The highest BCUT2D eigenvalue weighted by molar-refractivity contribution is 7.27. The molecule has 302 valence electrons. The van der Waals surface area contributed by atoms with Gasteiger partial charge in [0.25, 0.3) is 0 Å². The molecule has 0 aliphatic carbocycles. The van der Waals surface area contributed by atoms with Gasteiger partial charge in [-0.2, -0.15) is 8.75 Å². The Morgan fingerprint density at radius 3 is 1.49 bits per heavy atom. The van der Waals surface area contributed by atoms with Gasteiger partial charge >= 0.3 is 0 Å². The van der Waals surface area contributed by atoms with Gasteiger partial charge in [0.1, 0.15) is 26.0 Å². The van der Waals surface area contributed by atoms with Crippen molar-refractivity contribution in [2.24, 2.45) is 5.92 Å². The molecule has 5 heterocycles. The zero-order valence-electron chi connectivity index (χ0n) is 33.9. The zero-order chi connectivity index (χ0) is 41.1. The lowest BCUT2D eigenvalue weighted by atomic mass is 9.95. The third-order valence-electron chi connectivity index (χ3n) is 11.1. The first kappa shape index (κ1) is 39.6. The monoisotopic (exact) mass is 885 g/mol. The number of benzene rings is 5. The summed E-state index contributed by atoms with van der Waals surface area (Å²) in [6.45, 7) is 4.63. The summed E-state index contributed by atoms with van der Waals surface area (Å²) in [4.78, 5) is 15.2. The molecule has 0 N–H and O–H groups in total. The van der Waals surface area contributed by atoms with Crippen molar-refractivity contribution in [3.63, 3.8) is 0 Å². The van der Waals surface area contributed by atoms with Gasteiger partial charge in [-0.25, -0.2) is 4.98 Å². The van der Waals surface area contributed by atoms with Crippen molar-refractivity contribution >= 4 is 111 Å². The average molecular weight is 886 g/mol. The van der Waals surface area contributed by atoms with Gasteiger partial charge in [-0.05, 0) is 97.3 Å². The second-order valence-corrected chi connectivity index (χ2v) is 19.9. The number of para-hydroxylation sites is 4. The summed E-state index contributed by atoms with van der Waals surface area (Å²) < 4.78 is 11.3. The van der Waals surface area contributed by atoms with Gasteiger partial charge in [-0.3, -0.25) is 0 Å². The molecule has 61 heavy (non-hydrogen) atoms. The van der Waals surface area contributed by atoms with Gasteiger partial charge in [-0.1, -0.05) is 112 Å². The van der Waals surface area contributed by atoms with Crippen LogP contribution in [0.15, 0.2) is 158 Å². The molecule has 0 saturated heterocycles. The lowest BCUT2D eigenvalue weighted by molar-refractivity contribution is 0.452. The van der Waals surface area contributed by atoms with Crippen LogP contribution in [0.25, 0.3) is 52.0 Å². The predicted octanol–water partition coefficient (Wildman–Crippen LogP) is 17.2. The topological polar surface area (TPSA) is 45.2 Å². The second-order valence-electron chi connectivity index (χ2n) is 15.1. The fraction of sp³-hybridized carbons (Fsp3) is 0.157. The number of hydrogen-bond donors (Lipinski definition) is 0. The molecule has 0 aliphatic rings. The van der Waals surface area contributed by atoms with Crippen LogP contribution < -0.4 is 9.80 Å². The molecule has 5 nitrogen and oxygen atoms in total. The van der Waals surface area contributed by atoms with Crippen LogP contribution >= 0.6 is 57.1 Å². The van der Waals surface area contributed by atoms with Crippen molar-refractivity contribution in [3.8, 4) is 30.8 Å². The molecule has 0 bridgehead atoms. The van der Waals surface area contributed by atoms with Gasteiger partial charge in [0, 0.05) is 48.5 Å². The number of nitrogens with zero attached hydrogens (tertiary/aromatic N) is 5. The first-order valence-electron chi connectivity index (χ1n) is 20.9. The molecule has 10 aromatic rings. The Bertz CT molecular complexity index is 2750. The Labute approximate surface area is 377 Å². The summed E-state index contributed by atoms with van der Waals surface area (Å²) in [5.41, 5.74) is 9.42. The van der Waals surface area contributed by atoms with Crippen LogP contribution in [-0.4, -0.2) is 13.7 Å². The third-order valence-corrected chi connectivity index (χ3v) is 16.2. The van der Waals surface area contributed by atoms with Gasteiger partial charge in [0.2, 0.25) is 0 Å². The summed E-state index contributed by atoms with van der Waals surface area (Å²) in [6, 6.07) is 56.1. The van der Waals surface area contributed by atoms with Crippen molar-refractivity contribution in [2.75, 3.05) is 9.80 Å². The summed E-state index contributed by atoms with van der Waals surface area (Å²) in [5.74, 6) is 0.711. The minimum atomic E-state index is 0.711. The Balaban J connectivity index is 1.14. The van der Waals surface area contributed by atoms with E-state index in [1.807, 2.05) is 11.3 Å². The second kappa shape index (κ2) is 17.8. The van der Waals surface area contributed by atoms with Crippen LogP contribution in [0.2, 0.25) is 0 Å². The van der Waals surface area contributed by atoms with E-state index in [9.17, 15) is 0 Å². The predicted molar refractivity (Wildman–Crippen MR) is 267 cm³/mol. The van der Waals surface area contributed by atoms with Crippen molar-refractivity contribution < 1.29 is 0 Å². The number of unbranched alkanes of at least 4 members (excludes halogenated alkanes) is 1. The maximum atomic E-state index is 5.60. The number of aromatic nitrogens is 3. The van der Waals surface area contributed by atoms with E-state index in [1.165, 1.54) is 47.2 Å². The molecule has 5 aromatic heterocycles. The molecule has 1 unspecified atom stereocenters. The van der Waals surface area contributed by atoms with Crippen molar-refractivity contribution in [2.45, 2.75) is 46.0 Å². The van der Waals surface area contributed by atoms with Gasteiger partial charge in [-0.15, -0.1) is 45.3 Å². The molecule has 0 spiro atoms. The van der Waals surface area contributed by atoms with Crippen LogP contribution in [-0.2, 0) is 6.42 Å². The molecule has 1 atom stereocenters. The summed E-state index contributed by atoms with van der Waals surface area (Å²) >= 11 is 8.54. The standard InChI is InChI=1S/C51H43N5S5/c1-3-5-18-34(4-2)33-39-27-28-42(57-39)51-52-49-45(40-29-31-43(58-40)55(35-19-10-6-11-20-35)36-21-12-7-13-22-36)47-48(54-61-53-47)46(50(49)60-51)41-30-32-44(59-41)56(37-23-14-8-15-24-37)38-25-16-9-17-26-38/h6-17,19-32,34H,3-5,18,33H2,1-2H3. The number of thiazole rings is 1. The Kier molecular flexibility index (Phi) is 11.6. The van der Waals surface area contributed by atoms with E-state index in [0.29, 0.717) is 5.92 Å². The van der Waals surface area contributed by atoms with E-state index < -0.39 is 0 Å². The molecule has 5 aromatic carbocycles. The van der Waals surface area contributed by atoms with E-state index in [-0.39, 0.29) is 0 Å². The van der Waals surface area contributed by atoms with Crippen LogP contribution in [0, 0.1) is 5.92 Å². The fourth-order valence-corrected chi connectivity index (χ4v) is 13.2. The van der Waals surface area contributed by atoms with Crippen molar-refractivity contribution in [1.82, 2.24) is 13.7 Å². The van der Waals surface area contributed by atoms with Gasteiger partial charge < -0.3 is 9.80 Å². The van der Waals surface area contributed by atoms with Crippen molar-refractivity contribution in [3.05, 3.63) is 163 Å². The third kappa shape index (κ3) is 7.95. The smallest absolute Gasteiger partial charge is 0.134 e. The normalized spacial score (nSPS) is 12.0. The molecular formula is C51H43N5S5. The van der Waals surface area contributed by atoms with Crippen LogP contribution in [0.4, 0.5) is 32.8 Å². The maximum Gasteiger partial charge on any atom is 0.134 e. The fourth-order valence-electron chi connectivity index (χ4n) is 8.07. The molecule has 0 fully saturated rings. The molecule has 10 rings (SSSR count). The molecule has 0 aliphatic heterocycles. The summed E-state index contributed by atoms with van der Waals surface area (Å²) in [6.07, 6.45) is 6.15. The first-order chi connectivity index (χ1) is 30.2. The largest absolute Gasteiger partial charge is 0.302 e. The molecular weight excluding hydrogens is 843 g/mol. The van der Waals surface area contributed by atoms with Gasteiger partial charge in [0.15, 0.2) is 0 Å². The Morgan fingerprint density at radius 1 is 0.492 bits per heavy atom. The van der Waals surface area contributed by atoms with Crippen molar-refractivity contribution in [1.29, 1.82) is 0 Å². The summed E-state index contributed by atoms with van der Waals surface area (Å²) in [5, 5.41) is 3.30.